The molecule has 0 radical (unpaired) electrons. The molecule has 0 unspecified atom stereocenters. The van der Waals surface area contributed by atoms with Crippen LogP contribution < -0.4 is 9.03 Å². The van der Waals surface area contributed by atoms with E-state index in [1.807, 2.05) is 22.9 Å². The van der Waals surface area contributed by atoms with Gasteiger partial charge in [-0.3, -0.25) is 4.79 Å². The number of hydrogen-bond donors (Lipinski definition) is 3. The van der Waals surface area contributed by atoms with Gasteiger partial charge in [0.05, 0.1) is 11.8 Å². The van der Waals surface area contributed by atoms with Gasteiger partial charge in [-0.05, 0) is 54.7 Å². The second kappa shape index (κ2) is 6.53. The molecule has 0 aliphatic carbocycles. The molecule has 3 N–H and O–H groups in total. The van der Waals surface area contributed by atoms with Gasteiger partial charge in [-0.25, -0.2) is 9.03 Å². The molecular weight excluding hydrogens is 344 g/mol. The lowest BCUT2D eigenvalue weighted by atomic mass is 10.0. The van der Waals surface area contributed by atoms with Gasteiger partial charge in [0.1, 0.15) is 12.3 Å². The first kappa shape index (κ1) is 17.5. The molecule has 0 aromatic heterocycles. The summed E-state index contributed by atoms with van der Waals surface area (Å²) < 4.78 is 26.7. The van der Waals surface area contributed by atoms with E-state index in [4.69, 9.17) is 0 Å². The molecule has 2 aromatic rings. The Morgan fingerprint density at radius 2 is 2.00 bits per heavy atom. The lowest BCUT2D eigenvalue weighted by molar-refractivity contribution is -0.117. The van der Waals surface area contributed by atoms with Crippen molar-refractivity contribution < 1.29 is 23.4 Å². The van der Waals surface area contributed by atoms with Crippen LogP contribution in [0.1, 0.15) is 25.3 Å². The highest BCUT2D eigenvalue weighted by atomic mass is 32.2. The number of rotatable bonds is 5. The van der Waals surface area contributed by atoms with E-state index in [0.717, 1.165) is 33.5 Å². The summed E-state index contributed by atoms with van der Waals surface area (Å²) in [6, 6.07) is 8.79. The van der Waals surface area contributed by atoms with Gasteiger partial charge in [-0.15, -0.1) is 0 Å². The van der Waals surface area contributed by atoms with Crippen LogP contribution in [0.3, 0.4) is 0 Å². The van der Waals surface area contributed by atoms with Crippen molar-refractivity contribution in [3.63, 3.8) is 0 Å². The predicted molar refractivity (Wildman–Crippen MR) is 94.6 cm³/mol. The van der Waals surface area contributed by atoms with E-state index < -0.39 is 16.1 Å². The average molecular weight is 364 g/mol. The number of fused-ring (bicyclic) bond motifs is 1. The summed E-state index contributed by atoms with van der Waals surface area (Å²) in [5, 5.41) is 21.1. The van der Waals surface area contributed by atoms with Crippen LogP contribution in [-0.4, -0.2) is 37.2 Å². The fraction of sp³-hybridized carbons (Fsp3) is 0.353. The van der Waals surface area contributed by atoms with Crippen LogP contribution in [0.4, 0.5) is 5.69 Å². The molecular formula is C17H20N2O5S. The predicted octanol–water partition coefficient (Wildman–Crippen LogP) is 1.43. The zero-order valence-corrected chi connectivity index (χ0v) is 14.6. The van der Waals surface area contributed by atoms with Crippen molar-refractivity contribution >= 4 is 32.6 Å². The maximum Gasteiger partial charge on any atom is 0.326 e. The number of phenols is 1. The maximum atomic E-state index is 12.0. The van der Waals surface area contributed by atoms with Crippen molar-refractivity contribution in [3.05, 3.63) is 35.9 Å². The molecule has 1 aliphatic rings. The Kier molecular flexibility index (Phi) is 4.57. The minimum atomic E-state index is -3.97. The summed E-state index contributed by atoms with van der Waals surface area (Å²) in [7, 11) is -3.97. The van der Waals surface area contributed by atoms with Gasteiger partial charge in [0.25, 0.3) is 5.91 Å². The zero-order valence-electron chi connectivity index (χ0n) is 13.8. The van der Waals surface area contributed by atoms with Crippen molar-refractivity contribution in [2.45, 2.75) is 32.3 Å². The van der Waals surface area contributed by atoms with Crippen molar-refractivity contribution in [2.75, 3.05) is 10.8 Å². The molecule has 0 spiro atoms. The Balaban J connectivity index is 1.95. The number of aliphatic hydroxyl groups is 1. The first-order chi connectivity index (χ1) is 11.8. The van der Waals surface area contributed by atoms with Gasteiger partial charge in [0, 0.05) is 0 Å². The van der Waals surface area contributed by atoms with Crippen molar-refractivity contribution in [2.24, 2.45) is 0 Å². The number of phenolic OH excluding ortho intramolecular Hbond substituents is 1. The summed E-state index contributed by atoms with van der Waals surface area (Å²) in [5.74, 6) is -0.833. The topological polar surface area (TPSA) is 107 Å². The molecule has 1 atom stereocenters. The molecule has 134 valence electrons. The fourth-order valence-electron chi connectivity index (χ4n) is 2.94. The van der Waals surface area contributed by atoms with Gasteiger partial charge in [-0.1, -0.05) is 18.2 Å². The molecule has 1 amide bonds. The molecule has 0 bridgehead atoms. The van der Waals surface area contributed by atoms with Crippen LogP contribution in [-0.2, 0) is 21.4 Å². The minimum Gasteiger partial charge on any atom is -0.506 e. The molecule has 8 heteroatoms. The quantitative estimate of drug-likeness (QED) is 0.744. The van der Waals surface area contributed by atoms with E-state index in [-0.39, 0.29) is 24.1 Å². The molecule has 7 nitrogen and oxygen atoms in total. The Morgan fingerprint density at radius 1 is 1.24 bits per heavy atom. The summed E-state index contributed by atoms with van der Waals surface area (Å²) in [6.45, 7) is 1.40. The number of benzene rings is 2. The normalized spacial score (nSPS) is 17.7. The standard InChI is InChI=1S/C17H20N2O5S/c1-11(20)3-2-4-12-5-6-13-9-16(21)15(8-14(13)7-12)19-10-17(22)18-25(19,23)24/h5-9,11,20-21H,2-4,10H2,1H3,(H,18,22)/t11-/m1/s1. The summed E-state index contributed by atoms with van der Waals surface area (Å²) in [6.07, 6.45) is 2.00. The molecule has 1 fully saturated rings. The Hall–Kier alpha value is -2.32. The summed E-state index contributed by atoms with van der Waals surface area (Å²) in [5.41, 5.74) is 1.13. The summed E-state index contributed by atoms with van der Waals surface area (Å²) in [4.78, 5) is 11.4. The van der Waals surface area contributed by atoms with Crippen molar-refractivity contribution in [1.29, 1.82) is 0 Å². The molecule has 0 saturated carbocycles. The van der Waals surface area contributed by atoms with Crippen molar-refractivity contribution in [3.8, 4) is 5.75 Å². The van der Waals surface area contributed by atoms with Crippen LogP contribution >= 0.6 is 0 Å². The largest absolute Gasteiger partial charge is 0.506 e. The molecule has 1 heterocycles. The van der Waals surface area contributed by atoms with E-state index in [0.29, 0.717) is 6.42 Å². The highest BCUT2D eigenvalue weighted by Gasteiger charge is 2.35. The molecule has 2 aromatic carbocycles. The number of nitrogens with zero attached hydrogens (tertiary/aromatic N) is 1. The van der Waals surface area contributed by atoms with E-state index in [1.165, 1.54) is 6.07 Å². The highest BCUT2D eigenvalue weighted by molar-refractivity contribution is 7.92. The molecule has 25 heavy (non-hydrogen) atoms. The van der Waals surface area contributed by atoms with Crippen LogP contribution in [0, 0.1) is 0 Å². The number of carbonyl (C=O) groups is 1. The van der Waals surface area contributed by atoms with Gasteiger partial charge in [-0.2, -0.15) is 8.42 Å². The first-order valence-corrected chi connectivity index (χ1v) is 9.47. The number of aromatic hydroxyl groups is 1. The van der Waals surface area contributed by atoms with Gasteiger partial charge in [0.2, 0.25) is 0 Å². The number of amides is 1. The van der Waals surface area contributed by atoms with Crippen LogP contribution in [0.5, 0.6) is 5.75 Å². The van der Waals surface area contributed by atoms with E-state index in [9.17, 15) is 23.4 Å². The summed E-state index contributed by atoms with van der Waals surface area (Å²) >= 11 is 0. The Labute approximate surface area is 146 Å². The lowest BCUT2D eigenvalue weighted by Gasteiger charge is -2.17. The monoisotopic (exact) mass is 364 g/mol. The number of aryl methyl sites for hydroxylation is 1. The third-order valence-corrected chi connectivity index (χ3v) is 5.57. The van der Waals surface area contributed by atoms with Crippen LogP contribution in [0.15, 0.2) is 30.3 Å². The van der Waals surface area contributed by atoms with Gasteiger partial charge in [0.15, 0.2) is 0 Å². The molecule has 1 aliphatic heterocycles. The van der Waals surface area contributed by atoms with E-state index >= 15 is 0 Å². The number of nitrogens with one attached hydrogen (secondary N) is 1. The minimum absolute atomic E-state index is 0.0759. The maximum absolute atomic E-state index is 12.0. The number of aliphatic hydroxyl groups excluding tert-OH is 1. The second-order valence-electron chi connectivity index (χ2n) is 6.30. The SMILES string of the molecule is C[C@@H](O)CCCc1ccc2cc(O)c(N3CC(=O)NS3(=O)=O)cc2c1. The molecule has 1 saturated heterocycles. The zero-order chi connectivity index (χ0) is 18.2. The van der Waals surface area contributed by atoms with Crippen molar-refractivity contribution in [1.82, 2.24) is 4.72 Å². The fourth-order valence-corrected chi connectivity index (χ4v) is 4.10. The number of carbonyl (C=O) groups excluding carboxylic acids is 1. The van der Waals surface area contributed by atoms with E-state index in [1.54, 1.807) is 13.0 Å². The Morgan fingerprint density at radius 3 is 2.64 bits per heavy atom. The third-order valence-electron chi connectivity index (χ3n) is 4.17. The smallest absolute Gasteiger partial charge is 0.326 e. The van der Waals surface area contributed by atoms with Crippen LogP contribution in [0.2, 0.25) is 0 Å². The number of anilines is 1. The van der Waals surface area contributed by atoms with Crippen LogP contribution in [0.25, 0.3) is 10.8 Å². The third kappa shape index (κ3) is 3.69. The molecule has 3 rings (SSSR count). The van der Waals surface area contributed by atoms with E-state index in [2.05, 4.69) is 0 Å². The highest BCUT2D eigenvalue weighted by Crippen LogP contribution is 2.35. The van der Waals surface area contributed by atoms with Gasteiger partial charge >= 0.3 is 10.2 Å². The Bertz CT molecular complexity index is 924. The lowest BCUT2D eigenvalue weighted by Crippen LogP contribution is -2.29. The number of hydrogen-bond acceptors (Lipinski definition) is 5. The second-order valence-corrected chi connectivity index (χ2v) is 7.90. The average Bonchev–Trinajstić information content (AvgIpc) is 2.79. The van der Waals surface area contributed by atoms with Gasteiger partial charge < -0.3 is 10.2 Å². The first-order valence-electron chi connectivity index (χ1n) is 8.03.